The molecule has 1 aromatic rings. The summed E-state index contributed by atoms with van der Waals surface area (Å²) in [7, 11) is 0. The van der Waals surface area contributed by atoms with Gasteiger partial charge in [-0.2, -0.15) is 0 Å². The zero-order chi connectivity index (χ0) is 23.5. The molecule has 7 nitrogen and oxygen atoms in total. The summed E-state index contributed by atoms with van der Waals surface area (Å²) in [4.78, 5) is 25.7. The average Bonchev–Trinajstić information content (AvgIpc) is 3.02. The molecule has 0 spiro atoms. The number of nitrogens with zero attached hydrogens (tertiary/aromatic N) is 1. The summed E-state index contributed by atoms with van der Waals surface area (Å²) in [6.45, 7) is 8.36. The molecule has 1 saturated heterocycles. The van der Waals surface area contributed by atoms with Crippen LogP contribution in [0.4, 0.5) is 4.39 Å². The minimum atomic E-state index is -0.887. The number of benzene rings is 1. The fourth-order valence-corrected chi connectivity index (χ4v) is 5.00. The Bertz CT molecular complexity index is 805. The van der Waals surface area contributed by atoms with E-state index in [-0.39, 0.29) is 42.0 Å². The predicted octanol–water partition coefficient (Wildman–Crippen LogP) is 2.21. The second-order valence-corrected chi connectivity index (χ2v) is 10.1. The van der Waals surface area contributed by atoms with E-state index in [0.717, 1.165) is 25.9 Å². The summed E-state index contributed by atoms with van der Waals surface area (Å²) in [6, 6.07) is 5.40. The van der Waals surface area contributed by atoms with Gasteiger partial charge in [-0.1, -0.05) is 32.9 Å². The van der Waals surface area contributed by atoms with Crippen LogP contribution in [0.2, 0.25) is 0 Å². The number of nitrogens with one attached hydrogen (secondary N) is 1. The highest BCUT2D eigenvalue weighted by Crippen LogP contribution is 2.37. The van der Waals surface area contributed by atoms with E-state index >= 15 is 0 Å². The minimum absolute atomic E-state index is 0.000413. The molecule has 8 heteroatoms. The van der Waals surface area contributed by atoms with Gasteiger partial charge >= 0.3 is 0 Å². The summed E-state index contributed by atoms with van der Waals surface area (Å²) in [5, 5.41) is 14.1. The summed E-state index contributed by atoms with van der Waals surface area (Å²) in [5.41, 5.74) is 5.38. The van der Waals surface area contributed by atoms with E-state index in [1.807, 2.05) is 0 Å². The summed E-state index contributed by atoms with van der Waals surface area (Å²) >= 11 is 0. The molecule has 4 N–H and O–H groups in total. The molecule has 1 aromatic carbocycles. The van der Waals surface area contributed by atoms with Crippen molar-refractivity contribution in [2.24, 2.45) is 17.1 Å². The van der Waals surface area contributed by atoms with Crippen LogP contribution in [0.1, 0.15) is 52.9 Å². The number of primary amides is 1. The molecule has 2 amide bonds. The second-order valence-electron chi connectivity index (χ2n) is 10.1. The molecule has 1 saturated carbocycles. The molecule has 1 heterocycles. The number of likely N-dealkylation sites (tertiary alicyclic amines) is 1. The fourth-order valence-electron chi connectivity index (χ4n) is 5.00. The molecule has 1 aliphatic carbocycles. The zero-order valence-electron chi connectivity index (χ0n) is 19.2. The minimum Gasteiger partial charge on any atom is -0.485 e. The van der Waals surface area contributed by atoms with Crippen molar-refractivity contribution in [1.29, 1.82) is 0 Å². The van der Waals surface area contributed by atoms with Crippen molar-refractivity contribution in [3.63, 3.8) is 0 Å². The van der Waals surface area contributed by atoms with Crippen molar-refractivity contribution in [2.45, 2.75) is 77.2 Å². The Morgan fingerprint density at radius 1 is 1.22 bits per heavy atom. The Labute approximate surface area is 189 Å². The van der Waals surface area contributed by atoms with Crippen LogP contribution in [0.5, 0.6) is 5.75 Å². The molecule has 3 rings (SSSR count). The molecule has 0 unspecified atom stereocenters. The lowest BCUT2D eigenvalue weighted by Gasteiger charge is -2.43. The maximum Gasteiger partial charge on any atom is 0.220 e. The standard InChI is InChI=1S/C24H36FN3O4/c1-24(2,3)15-10-12-28(13-11-15)22-17(27-21(30)9-8-20(26)29)14-19(23(22)31)32-18-7-5-4-6-16(18)25/h4-7,15,17,19,22-23,31H,8-14H2,1-3H3,(H2,26,29)(H,27,30)/t17-,19-,22+,23+/m1/s1. The second kappa shape index (κ2) is 10.2. The van der Waals surface area contributed by atoms with E-state index in [2.05, 4.69) is 31.0 Å². The number of nitrogens with two attached hydrogens (primary N) is 1. The zero-order valence-corrected chi connectivity index (χ0v) is 19.2. The largest absolute Gasteiger partial charge is 0.485 e. The van der Waals surface area contributed by atoms with E-state index in [1.165, 1.54) is 12.1 Å². The predicted molar refractivity (Wildman–Crippen MR) is 119 cm³/mol. The monoisotopic (exact) mass is 449 g/mol. The molecule has 4 atom stereocenters. The van der Waals surface area contributed by atoms with Crippen LogP contribution in [0.15, 0.2) is 24.3 Å². The third-order valence-corrected chi connectivity index (χ3v) is 6.87. The van der Waals surface area contributed by atoms with Gasteiger partial charge in [0.1, 0.15) is 12.2 Å². The highest BCUT2D eigenvalue weighted by Gasteiger charge is 2.48. The van der Waals surface area contributed by atoms with Gasteiger partial charge in [-0.25, -0.2) is 4.39 Å². The highest BCUT2D eigenvalue weighted by molar-refractivity contribution is 5.83. The number of hydrogen-bond acceptors (Lipinski definition) is 5. The normalized spacial score (nSPS) is 27.3. The van der Waals surface area contributed by atoms with Gasteiger partial charge in [-0.05, 0) is 49.4 Å². The Balaban J connectivity index is 1.73. The van der Waals surface area contributed by atoms with E-state index in [0.29, 0.717) is 12.3 Å². The Hall–Kier alpha value is -2.19. The lowest BCUT2D eigenvalue weighted by Crippen LogP contribution is -2.56. The summed E-state index contributed by atoms with van der Waals surface area (Å²) in [5.74, 6) is -0.639. The van der Waals surface area contributed by atoms with Crippen LogP contribution in [-0.2, 0) is 9.59 Å². The number of halogens is 1. The Morgan fingerprint density at radius 2 is 1.88 bits per heavy atom. The van der Waals surface area contributed by atoms with Crippen molar-refractivity contribution < 1.29 is 23.8 Å². The first-order valence-electron chi connectivity index (χ1n) is 11.5. The number of para-hydroxylation sites is 1. The Morgan fingerprint density at radius 3 is 2.47 bits per heavy atom. The lowest BCUT2D eigenvalue weighted by atomic mass is 9.75. The number of hydrogen-bond donors (Lipinski definition) is 3. The summed E-state index contributed by atoms with van der Waals surface area (Å²) < 4.78 is 20.0. The third-order valence-electron chi connectivity index (χ3n) is 6.87. The smallest absolute Gasteiger partial charge is 0.220 e. The van der Waals surface area contributed by atoms with Crippen LogP contribution in [-0.4, -0.2) is 59.2 Å². The number of rotatable bonds is 7. The summed E-state index contributed by atoms with van der Waals surface area (Å²) in [6.07, 6.45) is 0.793. The molecular weight excluding hydrogens is 413 g/mol. The van der Waals surface area contributed by atoms with Crippen LogP contribution >= 0.6 is 0 Å². The van der Waals surface area contributed by atoms with Crippen molar-refractivity contribution >= 4 is 11.8 Å². The van der Waals surface area contributed by atoms with Gasteiger partial charge in [0.25, 0.3) is 0 Å². The van der Waals surface area contributed by atoms with Gasteiger partial charge in [0.05, 0.1) is 12.1 Å². The van der Waals surface area contributed by atoms with Gasteiger partial charge in [0, 0.05) is 19.3 Å². The Kier molecular flexibility index (Phi) is 7.77. The SMILES string of the molecule is CC(C)(C)C1CCN([C@@H]2[C@@H](O)[C@H](Oc3ccccc3F)C[C@H]2NC(=O)CCC(N)=O)CC1. The van der Waals surface area contributed by atoms with Gasteiger partial charge in [-0.3, -0.25) is 14.5 Å². The number of carbonyl (C=O) groups is 2. The third kappa shape index (κ3) is 5.98. The number of carbonyl (C=O) groups excluding carboxylic acids is 2. The molecule has 2 fully saturated rings. The first-order valence-corrected chi connectivity index (χ1v) is 11.5. The average molecular weight is 450 g/mol. The molecule has 178 valence electrons. The fraction of sp³-hybridized carbons (Fsp3) is 0.667. The van der Waals surface area contributed by atoms with E-state index in [1.54, 1.807) is 12.1 Å². The van der Waals surface area contributed by atoms with E-state index in [4.69, 9.17) is 10.5 Å². The maximum absolute atomic E-state index is 14.1. The van der Waals surface area contributed by atoms with Crippen molar-refractivity contribution in [3.8, 4) is 5.75 Å². The molecule has 0 radical (unpaired) electrons. The number of aliphatic hydroxyl groups is 1. The first kappa shape index (κ1) is 24.5. The number of ether oxygens (including phenoxy) is 1. The van der Waals surface area contributed by atoms with E-state index < -0.39 is 23.9 Å². The number of aliphatic hydroxyl groups excluding tert-OH is 1. The van der Waals surface area contributed by atoms with E-state index in [9.17, 15) is 19.1 Å². The molecule has 32 heavy (non-hydrogen) atoms. The lowest BCUT2D eigenvalue weighted by molar-refractivity contribution is -0.125. The molecule has 0 aromatic heterocycles. The van der Waals surface area contributed by atoms with Crippen LogP contribution in [0, 0.1) is 17.2 Å². The van der Waals surface area contributed by atoms with Crippen molar-refractivity contribution in [3.05, 3.63) is 30.1 Å². The van der Waals surface area contributed by atoms with Gasteiger partial charge < -0.3 is 20.9 Å². The van der Waals surface area contributed by atoms with Gasteiger partial charge in [0.15, 0.2) is 11.6 Å². The molecule has 2 aliphatic rings. The van der Waals surface area contributed by atoms with Gasteiger partial charge in [-0.15, -0.1) is 0 Å². The highest BCUT2D eigenvalue weighted by atomic mass is 19.1. The number of amides is 2. The molecule has 0 bridgehead atoms. The van der Waals surface area contributed by atoms with Crippen molar-refractivity contribution in [1.82, 2.24) is 10.2 Å². The van der Waals surface area contributed by atoms with Crippen LogP contribution < -0.4 is 15.8 Å². The first-order chi connectivity index (χ1) is 15.1. The quantitative estimate of drug-likeness (QED) is 0.592. The van der Waals surface area contributed by atoms with Gasteiger partial charge in [0.2, 0.25) is 11.8 Å². The topological polar surface area (TPSA) is 105 Å². The van der Waals surface area contributed by atoms with Crippen molar-refractivity contribution in [2.75, 3.05) is 13.1 Å². The molecule has 1 aliphatic heterocycles. The maximum atomic E-state index is 14.1. The number of piperidine rings is 1. The van der Waals surface area contributed by atoms with Crippen LogP contribution in [0.25, 0.3) is 0 Å². The van der Waals surface area contributed by atoms with Crippen LogP contribution in [0.3, 0.4) is 0 Å². The molecular formula is C24H36FN3O4.